The van der Waals surface area contributed by atoms with Crippen LogP contribution < -0.4 is 19.5 Å². The number of ether oxygens (including phenoxy) is 3. The Labute approximate surface area is 118 Å². The van der Waals surface area contributed by atoms with E-state index in [4.69, 9.17) is 14.2 Å². The zero-order valence-electron chi connectivity index (χ0n) is 11.0. The van der Waals surface area contributed by atoms with Gasteiger partial charge in [-0.25, -0.2) is 0 Å². The molecule has 0 aliphatic rings. The molecule has 0 bridgehead atoms. The zero-order valence-corrected chi connectivity index (χ0v) is 11.9. The average Bonchev–Trinajstić information content (AvgIpc) is 2.98. The van der Waals surface area contributed by atoms with Crippen molar-refractivity contribution in [1.29, 1.82) is 0 Å². The van der Waals surface area contributed by atoms with Gasteiger partial charge in [-0.05, 0) is 17.3 Å². The minimum Gasteiger partial charge on any atom is -0.493 e. The number of aromatic nitrogens is 3. The molecule has 8 nitrogen and oxygen atoms in total. The molecule has 0 atom stereocenters. The fourth-order valence-corrected chi connectivity index (χ4v) is 1.93. The summed E-state index contributed by atoms with van der Waals surface area (Å²) in [6, 6.07) is 3.09. The van der Waals surface area contributed by atoms with Crippen LogP contribution in [0.2, 0.25) is 0 Å². The van der Waals surface area contributed by atoms with E-state index >= 15 is 0 Å². The number of nitrogens with zero attached hydrogens (tertiary/aromatic N) is 3. The van der Waals surface area contributed by atoms with Crippen LogP contribution in [-0.2, 0) is 0 Å². The molecule has 1 heterocycles. The van der Waals surface area contributed by atoms with Crippen molar-refractivity contribution in [2.45, 2.75) is 0 Å². The Balaban J connectivity index is 2.34. The van der Waals surface area contributed by atoms with Crippen molar-refractivity contribution in [1.82, 2.24) is 14.8 Å². The van der Waals surface area contributed by atoms with Gasteiger partial charge in [0.05, 0.1) is 21.3 Å². The van der Waals surface area contributed by atoms with E-state index in [1.165, 1.54) is 21.3 Å². The van der Waals surface area contributed by atoms with Gasteiger partial charge in [-0.2, -0.15) is 0 Å². The van der Waals surface area contributed by atoms with E-state index in [0.29, 0.717) is 27.9 Å². The van der Waals surface area contributed by atoms with E-state index in [0.717, 1.165) is 11.5 Å². The molecule has 1 N–H and O–H groups in total. The lowest BCUT2D eigenvalue weighted by molar-refractivity contribution is 0.102. The summed E-state index contributed by atoms with van der Waals surface area (Å²) in [4.78, 5) is 12.1. The van der Waals surface area contributed by atoms with E-state index in [2.05, 4.69) is 20.1 Å². The predicted molar refractivity (Wildman–Crippen MR) is 71.8 cm³/mol. The first-order valence-electron chi connectivity index (χ1n) is 5.46. The highest BCUT2D eigenvalue weighted by atomic mass is 32.1. The molecule has 0 aliphatic heterocycles. The molecule has 0 saturated carbocycles. The molecule has 9 heteroatoms. The van der Waals surface area contributed by atoms with E-state index in [-0.39, 0.29) is 5.91 Å². The number of hydrogen-bond acceptors (Lipinski definition) is 8. The van der Waals surface area contributed by atoms with Crippen molar-refractivity contribution in [3.8, 4) is 17.2 Å². The highest BCUT2D eigenvalue weighted by Gasteiger charge is 2.17. The molecule has 0 aliphatic carbocycles. The molecule has 0 unspecified atom stereocenters. The zero-order chi connectivity index (χ0) is 14.5. The third kappa shape index (κ3) is 2.77. The van der Waals surface area contributed by atoms with E-state index < -0.39 is 0 Å². The minimum atomic E-state index is -0.372. The molecule has 20 heavy (non-hydrogen) atoms. The van der Waals surface area contributed by atoms with Crippen LogP contribution in [0.15, 0.2) is 12.1 Å². The van der Waals surface area contributed by atoms with Crippen molar-refractivity contribution in [2.24, 2.45) is 0 Å². The first-order valence-corrected chi connectivity index (χ1v) is 6.23. The maximum Gasteiger partial charge on any atom is 0.257 e. The topological polar surface area (TPSA) is 95.5 Å². The number of benzene rings is 1. The molecule has 1 aromatic carbocycles. The van der Waals surface area contributed by atoms with Gasteiger partial charge in [0, 0.05) is 17.1 Å². The molecular formula is C11H12N4O4S. The summed E-state index contributed by atoms with van der Waals surface area (Å²) >= 11 is 0.982. The van der Waals surface area contributed by atoms with Crippen molar-refractivity contribution in [2.75, 3.05) is 26.6 Å². The summed E-state index contributed by atoms with van der Waals surface area (Å²) in [5.41, 5.74) is 0.342. The fourth-order valence-electron chi connectivity index (χ4n) is 1.56. The standard InChI is InChI=1S/C11H12N4O4S/c1-17-7-4-6(5-8(18-2)9(7)19-3)10(16)12-11-13-14-15-20-11/h4-5H,1-3H3,(H,12,13,15,16). The van der Waals surface area contributed by atoms with Gasteiger partial charge in [0.1, 0.15) is 0 Å². The quantitative estimate of drug-likeness (QED) is 0.886. The maximum absolute atomic E-state index is 12.1. The normalized spacial score (nSPS) is 9.95. The second-order valence-corrected chi connectivity index (χ2v) is 4.27. The Kier molecular flexibility index (Phi) is 4.31. The van der Waals surface area contributed by atoms with Crippen molar-refractivity contribution in [3.05, 3.63) is 17.7 Å². The number of amides is 1. The van der Waals surface area contributed by atoms with E-state index in [1.54, 1.807) is 12.1 Å². The van der Waals surface area contributed by atoms with Crippen LogP contribution >= 0.6 is 11.5 Å². The average molecular weight is 296 g/mol. The van der Waals surface area contributed by atoms with Crippen LogP contribution in [0, 0.1) is 0 Å². The molecule has 2 rings (SSSR count). The summed E-state index contributed by atoms with van der Waals surface area (Å²) in [6.07, 6.45) is 0. The SMILES string of the molecule is COc1cc(C(=O)Nc2nnns2)cc(OC)c1OC. The van der Waals surface area contributed by atoms with Gasteiger partial charge < -0.3 is 14.2 Å². The van der Waals surface area contributed by atoms with Gasteiger partial charge in [0.25, 0.3) is 5.91 Å². The third-order valence-electron chi connectivity index (χ3n) is 2.45. The maximum atomic E-state index is 12.1. The molecule has 0 saturated heterocycles. The Hall–Kier alpha value is -2.42. The number of rotatable bonds is 5. The minimum absolute atomic E-state index is 0.309. The van der Waals surface area contributed by atoms with Gasteiger partial charge in [-0.1, -0.05) is 9.59 Å². The van der Waals surface area contributed by atoms with Crippen molar-refractivity contribution >= 4 is 22.6 Å². The first-order chi connectivity index (χ1) is 9.69. The molecule has 0 spiro atoms. The highest BCUT2D eigenvalue weighted by Crippen LogP contribution is 2.38. The smallest absolute Gasteiger partial charge is 0.257 e. The van der Waals surface area contributed by atoms with Gasteiger partial charge in [0.15, 0.2) is 11.5 Å². The lowest BCUT2D eigenvalue weighted by Crippen LogP contribution is -2.12. The van der Waals surface area contributed by atoms with Crippen molar-refractivity contribution in [3.63, 3.8) is 0 Å². The monoisotopic (exact) mass is 296 g/mol. The lowest BCUT2D eigenvalue weighted by Gasteiger charge is -2.13. The Bertz CT molecular complexity index is 577. The van der Waals surface area contributed by atoms with Gasteiger partial charge in [-0.3, -0.25) is 10.1 Å². The Morgan fingerprint density at radius 2 is 1.80 bits per heavy atom. The van der Waals surface area contributed by atoms with Gasteiger partial charge in [0.2, 0.25) is 10.9 Å². The van der Waals surface area contributed by atoms with Gasteiger partial charge >= 0.3 is 0 Å². The second kappa shape index (κ2) is 6.15. The van der Waals surface area contributed by atoms with Crippen molar-refractivity contribution < 1.29 is 19.0 Å². The van der Waals surface area contributed by atoms with Crippen LogP contribution in [0.25, 0.3) is 0 Å². The van der Waals surface area contributed by atoms with Crippen LogP contribution in [0.3, 0.4) is 0 Å². The molecule has 1 aromatic heterocycles. The summed E-state index contributed by atoms with van der Waals surface area (Å²) in [6.45, 7) is 0. The molecule has 106 valence electrons. The van der Waals surface area contributed by atoms with Gasteiger partial charge in [-0.15, -0.1) is 0 Å². The summed E-state index contributed by atoms with van der Waals surface area (Å²) in [5.74, 6) is 0.840. The lowest BCUT2D eigenvalue weighted by atomic mass is 10.1. The summed E-state index contributed by atoms with van der Waals surface area (Å²) < 4.78 is 19.1. The number of hydrogen-bond donors (Lipinski definition) is 1. The predicted octanol–water partition coefficient (Wildman–Crippen LogP) is 1.21. The number of carbonyl (C=O) groups is 1. The van der Waals surface area contributed by atoms with Crippen LogP contribution in [-0.4, -0.2) is 42.0 Å². The molecule has 2 aromatic rings. The van der Waals surface area contributed by atoms with Crippen LogP contribution in [0.5, 0.6) is 17.2 Å². The van der Waals surface area contributed by atoms with Crippen LogP contribution in [0.1, 0.15) is 10.4 Å². The van der Waals surface area contributed by atoms with Crippen LogP contribution in [0.4, 0.5) is 5.13 Å². The summed E-state index contributed by atoms with van der Waals surface area (Å²) in [5, 5.41) is 9.92. The highest BCUT2D eigenvalue weighted by molar-refractivity contribution is 7.09. The second-order valence-electron chi connectivity index (χ2n) is 3.54. The van der Waals surface area contributed by atoms with E-state index in [9.17, 15) is 4.79 Å². The molecule has 0 fully saturated rings. The Morgan fingerprint density at radius 1 is 1.15 bits per heavy atom. The Morgan fingerprint density at radius 3 is 2.25 bits per heavy atom. The number of methoxy groups -OCH3 is 3. The molecular weight excluding hydrogens is 284 g/mol. The number of carbonyl (C=O) groups excluding carboxylic acids is 1. The van der Waals surface area contributed by atoms with E-state index in [1.807, 2.05) is 0 Å². The fraction of sp³-hybridized carbons (Fsp3) is 0.273. The number of anilines is 1. The third-order valence-corrected chi connectivity index (χ3v) is 2.96. The first kappa shape index (κ1) is 14.0. The molecule has 1 amide bonds. The largest absolute Gasteiger partial charge is 0.493 e. The number of nitrogens with one attached hydrogen (secondary N) is 1. The molecule has 0 radical (unpaired) electrons. The summed E-state index contributed by atoms with van der Waals surface area (Å²) in [7, 11) is 4.45.